The molecule has 0 unspecified atom stereocenters. The van der Waals surface area contributed by atoms with E-state index < -0.39 is 0 Å². The monoisotopic (exact) mass is 492 g/mol. The van der Waals surface area contributed by atoms with Crippen LogP contribution in [0.4, 0.5) is 5.69 Å². The second kappa shape index (κ2) is 9.28. The van der Waals surface area contributed by atoms with Crippen molar-refractivity contribution in [2.45, 2.75) is 13.5 Å². The summed E-state index contributed by atoms with van der Waals surface area (Å²) in [7, 11) is 1.57. The lowest BCUT2D eigenvalue weighted by Gasteiger charge is -2.16. The Morgan fingerprint density at radius 3 is 2.50 bits per heavy atom. The predicted molar refractivity (Wildman–Crippen MR) is 129 cm³/mol. The number of hydrogen-bond donors (Lipinski definition) is 1. The smallest absolute Gasteiger partial charge is 0.221 e. The molecular weight excluding hydrogens is 472 g/mol. The van der Waals surface area contributed by atoms with Crippen molar-refractivity contribution < 1.29 is 14.3 Å². The second-order valence-electron chi connectivity index (χ2n) is 7.19. The molecule has 0 bridgehead atoms. The van der Waals surface area contributed by atoms with Crippen LogP contribution in [0.5, 0.6) is 11.5 Å². The van der Waals surface area contributed by atoms with Gasteiger partial charge in [-0.15, -0.1) is 0 Å². The molecule has 4 aromatic rings. The third kappa shape index (κ3) is 4.53. The van der Waals surface area contributed by atoms with Gasteiger partial charge in [-0.05, 0) is 45.8 Å². The molecule has 0 aliphatic rings. The number of benzene rings is 3. The first kappa shape index (κ1) is 21.6. The zero-order chi connectivity index (χ0) is 22.7. The molecule has 0 atom stereocenters. The van der Waals surface area contributed by atoms with Crippen LogP contribution in [0, 0.1) is 0 Å². The van der Waals surface area contributed by atoms with E-state index in [4.69, 9.17) is 9.47 Å². The number of amides is 1. The average molecular weight is 493 g/mol. The van der Waals surface area contributed by atoms with E-state index in [1.54, 1.807) is 31.5 Å². The Hall–Kier alpha value is -3.58. The molecule has 0 fully saturated rings. The van der Waals surface area contributed by atoms with Crippen LogP contribution in [-0.4, -0.2) is 17.6 Å². The van der Waals surface area contributed by atoms with Crippen molar-refractivity contribution in [3.63, 3.8) is 0 Å². The second-order valence-corrected chi connectivity index (χ2v) is 8.04. The van der Waals surface area contributed by atoms with Gasteiger partial charge in [0.1, 0.15) is 6.61 Å². The summed E-state index contributed by atoms with van der Waals surface area (Å²) >= 11 is 3.50. The number of nitrogens with one attached hydrogen (secondary N) is 1. The van der Waals surface area contributed by atoms with Crippen molar-refractivity contribution in [2.75, 3.05) is 12.4 Å². The number of methoxy groups -OCH3 is 1. The van der Waals surface area contributed by atoms with Crippen LogP contribution < -0.4 is 20.2 Å². The number of nitrogens with zero attached hydrogens (tertiary/aromatic N) is 1. The standard InChI is InChI=1S/C25H21BrN2O4/c1-16(29)27-21-9-8-18(12-20(21)26)28-11-10-23(30)19-13-25(24(31-2)14-22(19)28)32-15-17-6-4-3-5-7-17/h3-14H,15H2,1-2H3,(H,27,29). The molecule has 1 aromatic heterocycles. The van der Waals surface area contributed by atoms with Gasteiger partial charge >= 0.3 is 0 Å². The summed E-state index contributed by atoms with van der Waals surface area (Å²) in [4.78, 5) is 24.0. The number of halogens is 1. The van der Waals surface area contributed by atoms with Gasteiger partial charge in [-0.3, -0.25) is 9.59 Å². The van der Waals surface area contributed by atoms with Crippen molar-refractivity contribution in [1.29, 1.82) is 0 Å². The van der Waals surface area contributed by atoms with Crippen LogP contribution in [0.3, 0.4) is 0 Å². The van der Waals surface area contributed by atoms with Gasteiger partial charge in [0, 0.05) is 40.8 Å². The van der Waals surface area contributed by atoms with Crippen molar-refractivity contribution in [2.24, 2.45) is 0 Å². The van der Waals surface area contributed by atoms with Gasteiger partial charge in [0.2, 0.25) is 5.91 Å². The molecule has 0 aliphatic heterocycles. The van der Waals surface area contributed by atoms with E-state index in [1.807, 2.05) is 47.0 Å². The molecular formula is C25H21BrN2O4. The molecule has 6 nitrogen and oxygen atoms in total. The highest BCUT2D eigenvalue weighted by molar-refractivity contribution is 9.10. The van der Waals surface area contributed by atoms with Gasteiger partial charge in [0.05, 0.1) is 18.3 Å². The zero-order valence-electron chi connectivity index (χ0n) is 17.6. The number of ether oxygens (including phenoxy) is 2. The molecule has 0 radical (unpaired) electrons. The summed E-state index contributed by atoms with van der Waals surface area (Å²) in [5.41, 5.74) is 3.07. The Labute approximate surface area is 193 Å². The Bertz CT molecular complexity index is 1350. The van der Waals surface area contributed by atoms with Crippen molar-refractivity contribution in [1.82, 2.24) is 4.57 Å². The summed E-state index contributed by atoms with van der Waals surface area (Å²) in [6.07, 6.45) is 1.72. The molecule has 162 valence electrons. The molecule has 32 heavy (non-hydrogen) atoms. The summed E-state index contributed by atoms with van der Waals surface area (Å²) in [5, 5.41) is 3.28. The minimum Gasteiger partial charge on any atom is -0.493 e. The van der Waals surface area contributed by atoms with Gasteiger partial charge in [-0.1, -0.05) is 30.3 Å². The quantitative estimate of drug-likeness (QED) is 0.396. The maximum Gasteiger partial charge on any atom is 0.221 e. The third-order valence-corrected chi connectivity index (χ3v) is 5.62. The first-order valence-electron chi connectivity index (χ1n) is 9.94. The van der Waals surface area contributed by atoms with Gasteiger partial charge in [-0.25, -0.2) is 0 Å². The molecule has 7 heteroatoms. The third-order valence-electron chi connectivity index (χ3n) is 4.96. The van der Waals surface area contributed by atoms with Crippen LogP contribution >= 0.6 is 15.9 Å². The largest absolute Gasteiger partial charge is 0.493 e. The SMILES string of the molecule is COc1cc2c(cc1OCc1ccccc1)c(=O)ccn2-c1ccc(NC(C)=O)c(Br)c1. The number of carbonyl (C=O) groups is 1. The highest BCUT2D eigenvalue weighted by Crippen LogP contribution is 2.33. The predicted octanol–water partition coefficient (Wildman–Crippen LogP) is 5.30. The van der Waals surface area contributed by atoms with Crippen LogP contribution in [0.2, 0.25) is 0 Å². The van der Waals surface area contributed by atoms with Crippen LogP contribution in [-0.2, 0) is 11.4 Å². The topological polar surface area (TPSA) is 69.6 Å². The van der Waals surface area contributed by atoms with Crippen molar-refractivity contribution >= 4 is 38.4 Å². The fraction of sp³-hybridized carbons (Fsp3) is 0.120. The van der Waals surface area contributed by atoms with Crippen LogP contribution in [0.1, 0.15) is 12.5 Å². The van der Waals surface area contributed by atoms with Crippen LogP contribution in [0.15, 0.2) is 82.2 Å². The molecule has 1 heterocycles. The van der Waals surface area contributed by atoms with Gasteiger partial charge in [0.25, 0.3) is 0 Å². The van der Waals surface area contributed by atoms with E-state index in [2.05, 4.69) is 21.2 Å². The fourth-order valence-electron chi connectivity index (χ4n) is 3.44. The average Bonchev–Trinajstić information content (AvgIpc) is 2.79. The molecule has 0 saturated carbocycles. The Kier molecular flexibility index (Phi) is 6.28. The van der Waals surface area contributed by atoms with Gasteiger partial charge < -0.3 is 19.4 Å². The molecule has 1 N–H and O–H groups in total. The Balaban J connectivity index is 1.77. The fourth-order valence-corrected chi connectivity index (χ4v) is 3.90. The van der Waals surface area contributed by atoms with Gasteiger partial charge in [-0.2, -0.15) is 0 Å². The minimum atomic E-state index is -0.153. The lowest BCUT2D eigenvalue weighted by molar-refractivity contribution is -0.114. The molecule has 0 spiro atoms. The molecule has 0 aliphatic carbocycles. The van der Waals surface area contributed by atoms with E-state index in [9.17, 15) is 9.59 Å². The number of hydrogen-bond acceptors (Lipinski definition) is 4. The molecule has 0 saturated heterocycles. The number of rotatable bonds is 6. The first-order valence-corrected chi connectivity index (χ1v) is 10.7. The number of carbonyl (C=O) groups excluding carboxylic acids is 1. The Morgan fingerprint density at radius 1 is 1.03 bits per heavy atom. The van der Waals surface area contributed by atoms with E-state index >= 15 is 0 Å². The number of fused-ring (bicyclic) bond motifs is 1. The maximum atomic E-state index is 12.7. The zero-order valence-corrected chi connectivity index (χ0v) is 19.2. The van der Waals surface area contributed by atoms with E-state index in [0.29, 0.717) is 34.7 Å². The highest BCUT2D eigenvalue weighted by Gasteiger charge is 2.13. The van der Waals surface area contributed by atoms with E-state index in [-0.39, 0.29) is 11.3 Å². The minimum absolute atomic E-state index is 0.114. The summed E-state index contributed by atoms with van der Waals surface area (Å²) < 4.78 is 14.2. The molecule has 3 aromatic carbocycles. The first-order chi connectivity index (χ1) is 15.5. The number of pyridine rings is 1. The lowest BCUT2D eigenvalue weighted by atomic mass is 10.1. The van der Waals surface area contributed by atoms with Crippen molar-refractivity contribution in [3.8, 4) is 17.2 Å². The van der Waals surface area contributed by atoms with Crippen molar-refractivity contribution in [3.05, 3.63) is 93.2 Å². The lowest BCUT2D eigenvalue weighted by Crippen LogP contribution is -2.09. The van der Waals surface area contributed by atoms with Crippen LogP contribution in [0.25, 0.3) is 16.6 Å². The number of aromatic nitrogens is 1. The summed E-state index contributed by atoms with van der Waals surface area (Å²) in [6, 6.07) is 20.4. The summed E-state index contributed by atoms with van der Waals surface area (Å²) in [5.74, 6) is 0.877. The maximum absolute atomic E-state index is 12.7. The Morgan fingerprint density at radius 2 is 1.81 bits per heavy atom. The summed E-state index contributed by atoms with van der Waals surface area (Å²) in [6.45, 7) is 1.82. The molecule has 1 amide bonds. The molecule has 4 rings (SSSR count). The van der Waals surface area contributed by atoms with E-state index in [0.717, 1.165) is 15.7 Å². The number of anilines is 1. The van der Waals surface area contributed by atoms with Gasteiger partial charge in [0.15, 0.2) is 16.9 Å². The van der Waals surface area contributed by atoms with E-state index in [1.165, 1.54) is 13.0 Å². The highest BCUT2D eigenvalue weighted by atomic mass is 79.9. The normalized spacial score (nSPS) is 10.7.